The maximum atomic E-state index is 10.2. The molecule has 0 spiro atoms. The Kier molecular flexibility index (Phi) is 8.35. The van der Waals surface area contributed by atoms with Gasteiger partial charge in [0.15, 0.2) is 0 Å². The number of carbonyl (C=O) groups is 2. The van der Waals surface area contributed by atoms with Crippen LogP contribution in [-0.2, 0) is 9.59 Å². The minimum absolute atomic E-state index is 0. The quantitative estimate of drug-likeness (QED) is 0.527. The molecule has 0 N–H and O–H groups in total. The van der Waals surface area contributed by atoms with Crippen molar-refractivity contribution in [2.45, 2.75) is 0 Å². The van der Waals surface area contributed by atoms with Crippen LogP contribution in [0.1, 0.15) is 0 Å². The van der Waals surface area contributed by atoms with E-state index in [0.29, 0.717) is 0 Å². The number of carbonyl (C=O) groups excluding carboxylic acids is 2. The van der Waals surface area contributed by atoms with Gasteiger partial charge in [-0.1, -0.05) is 0 Å². The lowest BCUT2D eigenvalue weighted by Gasteiger charge is -2.21. The van der Waals surface area contributed by atoms with E-state index in [9.17, 15) is 19.8 Å². The fourth-order valence-corrected chi connectivity index (χ4v) is 1.05. The van der Waals surface area contributed by atoms with Gasteiger partial charge in [0, 0.05) is 12.4 Å². The third-order valence-corrected chi connectivity index (χ3v) is 1.52. The van der Waals surface area contributed by atoms with Gasteiger partial charge in [0.2, 0.25) is 0 Å². The summed E-state index contributed by atoms with van der Waals surface area (Å²) >= 11 is 0. The monoisotopic (exact) mass is 342 g/mol. The number of carboxylic acids is 2. The van der Waals surface area contributed by atoms with Gasteiger partial charge in [-0.3, -0.25) is 0 Å². The summed E-state index contributed by atoms with van der Waals surface area (Å²) in [5.41, 5.74) is 0. The number of nitrogens with zero attached hydrogens (tertiary/aromatic N) is 2. The SMILES string of the molecule is O=C([O-])CN1C=CN(CC(=O)[O-])C1.[Br+].[Br+]. The van der Waals surface area contributed by atoms with E-state index in [0.717, 1.165) is 0 Å². The van der Waals surface area contributed by atoms with Gasteiger partial charge in [0.25, 0.3) is 0 Å². The van der Waals surface area contributed by atoms with Crippen LogP contribution in [0.5, 0.6) is 0 Å². The number of rotatable bonds is 4. The van der Waals surface area contributed by atoms with Crippen LogP contribution in [0.3, 0.4) is 0 Å². The number of hydrogen-bond acceptors (Lipinski definition) is 6. The maximum Gasteiger partial charge on any atom is 1.00 e. The highest BCUT2D eigenvalue weighted by atomic mass is 79.9. The Labute approximate surface area is 108 Å². The normalized spacial score (nSPS) is 13.1. The van der Waals surface area contributed by atoms with Gasteiger partial charge in [-0.25, -0.2) is 0 Å². The highest BCUT2D eigenvalue weighted by molar-refractivity contribution is 5.67. The first kappa shape index (κ1) is 16.7. The van der Waals surface area contributed by atoms with E-state index >= 15 is 0 Å². The van der Waals surface area contributed by atoms with Crippen molar-refractivity contribution in [3.05, 3.63) is 12.4 Å². The van der Waals surface area contributed by atoms with E-state index in [-0.39, 0.29) is 53.7 Å². The number of halogens is 2. The molecular formula is C7H8Br2N2O4. The van der Waals surface area contributed by atoms with Crippen LogP contribution in [0, 0.1) is 34.0 Å². The molecule has 1 heterocycles. The second-order valence-electron chi connectivity index (χ2n) is 2.68. The van der Waals surface area contributed by atoms with Crippen molar-refractivity contribution >= 4 is 11.9 Å². The van der Waals surface area contributed by atoms with Crippen molar-refractivity contribution in [1.29, 1.82) is 0 Å². The molecule has 0 aliphatic carbocycles. The van der Waals surface area contributed by atoms with Crippen molar-refractivity contribution in [2.75, 3.05) is 19.8 Å². The molecule has 0 atom stereocenters. The Morgan fingerprint density at radius 3 is 1.60 bits per heavy atom. The lowest BCUT2D eigenvalue weighted by molar-refractivity contribution is -0.306. The van der Waals surface area contributed by atoms with Gasteiger partial charge in [-0.2, -0.15) is 0 Å². The van der Waals surface area contributed by atoms with Crippen LogP contribution >= 0.6 is 0 Å². The molecule has 0 aromatic carbocycles. The highest BCUT2D eigenvalue weighted by Crippen LogP contribution is 2.04. The van der Waals surface area contributed by atoms with E-state index in [2.05, 4.69) is 0 Å². The molecule has 1 rings (SSSR count). The molecule has 0 fully saturated rings. The summed E-state index contributed by atoms with van der Waals surface area (Å²) in [6, 6.07) is 0. The first-order valence-corrected chi connectivity index (χ1v) is 3.64. The van der Waals surface area contributed by atoms with Gasteiger partial charge < -0.3 is 29.6 Å². The van der Waals surface area contributed by atoms with Gasteiger partial charge in [0.05, 0.1) is 31.7 Å². The lowest BCUT2D eigenvalue weighted by atomic mass is 10.6. The third kappa shape index (κ3) is 6.34. The summed E-state index contributed by atoms with van der Waals surface area (Å²) in [5.74, 6) is -2.39. The zero-order valence-corrected chi connectivity index (χ0v) is 10.7. The summed E-state index contributed by atoms with van der Waals surface area (Å²) in [6.07, 6.45) is 3.00. The molecule has 6 nitrogen and oxygen atoms in total. The molecule has 1 aliphatic rings. The fraction of sp³-hybridized carbons (Fsp3) is 0.429. The second kappa shape index (κ2) is 7.52. The van der Waals surface area contributed by atoms with Crippen LogP contribution in [-0.4, -0.2) is 41.5 Å². The molecular weight excluding hydrogens is 336 g/mol. The van der Waals surface area contributed by atoms with Crippen LogP contribution in [0.15, 0.2) is 12.4 Å². The Balaban J connectivity index is 0. The summed E-state index contributed by atoms with van der Waals surface area (Å²) in [4.78, 5) is 23.2. The molecule has 84 valence electrons. The average Bonchev–Trinajstić information content (AvgIpc) is 2.33. The zero-order valence-electron chi connectivity index (χ0n) is 7.56. The van der Waals surface area contributed by atoms with Gasteiger partial charge in [-0.15, -0.1) is 0 Å². The molecule has 4 radical (unpaired) electrons. The molecule has 0 aromatic heterocycles. The van der Waals surface area contributed by atoms with Crippen molar-refractivity contribution < 1.29 is 53.8 Å². The first-order valence-electron chi connectivity index (χ1n) is 3.64. The molecule has 0 saturated carbocycles. The summed E-state index contributed by atoms with van der Waals surface area (Å²) in [7, 11) is 0. The number of aliphatic carboxylic acids is 2. The Bertz CT molecular complexity index is 235. The topological polar surface area (TPSA) is 86.7 Å². The van der Waals surface area contributed by atoms with E-state index in [1.54, 1.807) is 0 Å². The van der Waals surface area contributed by atoms with Crippen LogP contribution < -0.4 is 10.2 Å². The van der Waals surface area contributed by atoms with Crippen molar-refractivity contribution in [1.82, 2.24) is 9.80 Å². The molecule has 0 saturated heterocycles. The predicted octanol–water partition coefficient (Wildman–Crippen LogP) is -3.47. The molecule has 0 unspecified atom stereocenters. The van der Waals surface area contributed by atoms with E-state index < -0.39 is 11.9 Å². The molecule has 0 amide bonds. The second-order valence-corrected chi connectivity index (χ2v) is 2.68. The van der Waals surface area contributed by atoms with Crippen molar-refractivity contribution in [3.8, 4) is 0 Å². The minimum Gasteiger partial charge on any atom is -0.548 e. The van der Waals surface area contributed by atoms with Gasteiger partial charge in [0.1, 0.15) is 0 Å². The Hall–Kier alpha value is -0.760. The van der Waals surface area contributed by atoms with Gasteiger partial charge >= 0.3 is 34.0 Å². The molecule has 15 heavy (non-hydrogen) atoms. The van der Waals surface area contributed by atoms with Crippen molar-refractivity contribution in [2.24, 2.45) is 0 Å². The largest absolute Gasteiger partial charge is 1.00 e. The van der Waals surface area contributed by atoms with Gasteiger partial charge in [-0.05, 0) is 0 Å². The zero-order chi connectivity index (χ0) is 9.84. The average molecular weight is 344 g/mol. The minimum atomic E-state index is -1.19. The molecule has 0 bridgehead atoms. The maximum absolute atomic E-state index is 10.2. The molecule has 1 aliphatic heterocycles. The summed E-state index contributed by atoms with van der Waals surface area (Å²) in [5, 5.41) is 20.3. The van der Waals surface area contributed by atoms with Crippen molar-refractivity contribution in [3.63, 3.8) is 0 Å². The Morgan fingerprint density at radius 2 is 1.33 bits per heavy atom. The van der Waals surface area contributed by atoms with E-state index in [4.69, 9.17) is 0 Å². The standard InChI is InChI=1S/C7H10N2O4.2Br/c10-6(11)3-8-1-2-9(5-8)4-7(12)13;;/h1-2H,3-5H2,(H,10,11)(H,12,13);;/q;2*+1/p-2. The summed E-state index contributed by atoms with van der Waals surface area (Å²) < 4.78 is 0. The third-order valence-electron chi connectivity index (χ3n) is 1.52. The van der Waals surface area contributed by atoms with Crippen LogP contribution in [0.25, 0.3) is 0 Å². The van der Waals surface area contributed by atoms with E-state index in [1.807, 2.05) is 0 Å². The number of hydrogen-bond donors (Lipinski definition) is 0. The predicted molar refractivity (Wildman–Crippen MR) is 37.4 cm³/mol. The number of carboxylic acid groups (broad SMARTS) is 2. The smallest absolute Gasteiger partial charge is 0.548 e. The van der Waals surface area contributed by atoms with Crippen LogP contribution in [0.4, 0.5) is 0 Å². The highest BCUT2D eigenvalue weighted by Gasteiger charge is 2.11. The lowest BCUT2D eigenvalue weighted by Crippen LogP contribution is -2.40. The Morgan fingerprint density at radius 1 is 1.00 bits per heavy atom. The molecule has 0 aromatic rings. The van der Waals surface area contributed by atoms with E-state index in [1.165, 1.54) is 22.2 Å². The molecule has 8 heteroatoms. The first-order chi connectivity index (χ1) is 6.08. The fourth-order valence-electron chi connectivity index (χ4n) is 1.05. The van der Waals surface area contributed by atoms with Crippen LogP contribution in [0.2, 0.25) is 0 Å². The summed E-state index contributed by atoms with van der Waals surface area (Å²) in [6.45, 7) is -0.234.